The molecule has 4 heteroatoms. The Morgan fingerprint density at radius 2 is 2.05 bits per heavy atom. The minimum atomic E-state index is -0.198. The Labute approximate surface area is 125 Å². The van der Waals surface area contributed by atoms with E-state index in [2.05, 4.69) is 4.98 Å². The third-order valence-electron chi connectivity index (χ3n) is 3.42. The van der Waals surface area contributed by atoms with Crippen LogP contribution in [0.25, 0.3) is 0 Å². The number of likely N-dealkylation sites (N-methyl/N-ethyl adjacent to an activating group) is 1. The average Bonchev–Trinajstić information content (AvgIpc) is 2.45. The van der Waals surface area contributed by atoms with Crippen molar-refractivity contribution in [2.24, 2.45) is 5.73 Å². The van der Waals surface area contributed by atoms with Gasteiger partial charge in [-0.3, -0.25) is 4.98 Å². The molecular weight excluding hydrogens is 265 g/mol. The van der Waals surface area contributed by atoms with Gasteiger partial charge in [0, 0.05) is 37.9 Å². The number of rotatable bonds is 6. The van der Waals surface area contributed by atoms with Gasteiger partial charge in [0.05, 0.1) is 5.69 Å². The number of aromatic nitrogens is 1. The number of nitrogens with zero attached hydrogens (tertiary/aromatic N) is 2. The second kappa shape index (κ2) is 7.18. The van der Waals surface area contributed by atoms with Crippen molar-refractivity contribution in [3.63, 3.8) is 0 Å². The highest BCUT2D eigenvalue weighted by atomic mass is 19.1. The number of para-hydroxylation sites is 1. The summed E-state index contributed by atoms with van der Waals surface area (Å²) in [7, 11) is 1.91. The van der Waals surface area contributed by atoms with Crippen LogP contribution < -0.4 is 10.6 Å². The van der Waals surface area contributed by atoms with E-state index in [1.807, 2.05) is 43.1 Å². The number of benzene rings is 1. The summed E-state index contributed by atoms with van der Waals surface area (Å²) in [5.74, 6) is -0.198. The van der Waals surface area contributed by atoms with E-state index in [0.29, 0.717) is 18.7 Å². The molecule has 1 unspecified atom stereocenters. The number of anilines is 1. The second-order valence-corrected chi connectivity index (χ2v) is 5.42. The Kier molecular flexibility index (Phi) is 5.28. The summed E-state index contributed by atoms with van der Waals surface area (Å²) in [4.78, 5) is 6.24. The van der Waals surface area contributed by atoms with E-state index in [0.717, 1.165) is 17.7 Å². The van der Waals surface area contributed by atoms with Gasteiger partial charge < -0.3 is 10.6 Å². The summed E-state index contributed by atoms with van der Waals surface area (Å²) in [6, 6.07) is 11.0. The summed E-state index contributed by atoms with van der Waals surface area (Å²) in [5, 5.41) is 0. The summed E-state index contributed by atoms with van der Waals surface area (Å²) in [5.41, 5.74) is 8.46. The SMILES string of the molecule is CC(N)Cc1cccc(F)c1N(C)CCc1ccccn1. The Morgan fingerprint density at radius 3 is 2.71 bits per heavy atom. The molecule has 0 saturated carbocycles. The maximum atomic E-state index is 14.2. The monoisotopic (exact) mass is 287 g/mol. The molecule has 3 nitrogen and oxygen atoms in total. The van der Waals surface area contributed by atoms with Gasteiger partial charge in [-0.25, -0.2) is 4.39 Å². The summed E-state index contributed by atoms with van der Waals surface area (Å²) in [6.45, 7) is 2.65. The first-order valence-corrected chi connectivity index (χ1v) is 7.22. The molecule has 0 amide bonds. The number of halogens is 1. The summed E-state index contributed by atoms with van der Waals surface area (Å²) >= 11 is 0. The lowest BCUT2D eigenvalue weighted by molar-refractivity contribution is 0.616. The molecule has 2 N–H and O–H groups in total. The number of hydrogen-bond acceptors (Lipinski definition) is 3. The Bertz CT molecular complexity index is 570. The smallest absolute Gasteiger partial charge is 0.146 e. The first-order chi connectivity index (χ1) is 10.1. The van der Waals surface area contributed by atoms with Crippen molar-refractivity contribution in [3.8, 4) is 0 Å². The van der Waals surface area contributed by atoms with Gasteiger partial charge in [0.1, 0.15) is 5.82 Å². The largest absolute Gasteiger partial charge is 0.372 e. The first kappa shape index (κ1) is 15.4. The van der Waals surface area contributed by atoms with Crippen LogP contribution in [0.5, 0.6) is 0 Å². The molecule has 0 saturated heterocycles. The van der Waals surface area contributed by atoms with Crippen LogP contribution in [-0.2, 0) is 12.8 Å². The molecule has 0 aliphatic heterocycles. The van der Waals surface area contributed by atoms with E-state index in [1.54, 1.807) is 12.3 Å². The predicted octanol–water partition coefficient (Wildman–Crippen LogP) is 2.79. The number of hydrogen-bond donors (Lipinski definition) is 1. The molecule has 0 radical (unpaired) electrons. The van der Waals surface area contributed by atoms with Crippen LogP contribution in [-0.4, -0.2) is 24.6 Å². The van der Waals surface area contributed by atoms with Gasteiger partial charge in [0.15, 0.2) is 0 Å². The van der Waals surface area contributed by atoms with E-state index in [9.17, 15) is 4.39 Å². The number of pyridine rings is 1. The highest BCUT2D eigenvalue weighted by molar-refractivity contribution is 5.54. The Balaban J connectivity index is 2.12. The highest BCUT2D eigenvalue weighted by Gasteiger charge is 2.14. The van der Waals surface area contributed by atoms with Gasteiger partial charge in [0.2, 0.25) is 0 Å². The van der Waals surface area contributed by atoms with E-state index < -0.39 is 0 Å². The van der Waals surface area contributed by atoms with Gasteiger partial charge in [-0.2, -0.15) is 0 Å². The van der Waals surface area contributed by atoms with Gasteiger partial charge in [-0.1, -0.05) is 18.2 Å². The topological polar surface area (TPSA) is 42.1 Å². The molecule has 0 aliphatic rings. The van der Waals surface area contributed by atoms with Crippen LogP contribution in [0, 0.1) is 5.82 Å². The first-order valence-electron chi connectivity index (χ1n) is 7.22. The number of nitrogens with two attached hydrogens (primary N) is 1. The van der Waals surface area contributed by atoms with E-state index >= 15 is 0 Å². The lowest BCUT2D eigenvalue weighted by Gasteiger charge is -2.23. The Hall–Kier alpha value is -1.94. The van der Waals surface area contributed by atoms with E-state index in [-0.39, 0.29) is 11.9 Å². The van der Waals surface area contributed by atoms with E-state index in [4.69, 9.17) is 5.73 Å². The lowest BCUT2D eigenvalue weighted by Crippen LogP contribution is -2.25. The van der Waals surface area contributed by atoms with Crippen LogP contribution >= 0.6 is 0 Å². The molecular formula is C17H22FN3. The molecule has 112 valence electrons. The molecule has 2 rings (SSSR count). The molecule has 1 heterocycles. The highest BCUT2D eigenvalue weighted by Crippen LogP contribution is 2.24. The molecule has 1 atom stereocenters. The van der Waals surface area contributed by atoms with Crippen molar-refractivity contribution >= 4 is 5.69 Å². The molecule has 0 fully saturated rings. The van der Waals surface area contributed by atoms with Crippen molar-refractivity contribution in [3.05, 3.63) is 59.7 Å². The van der Waals surface area contributed by atoms with Gasteiger partial charge in [0.25, 0.3) is 0 Å². The van der Waals surface area contributed by atoms with Crippen LogP contribution in [0.2, 0.25) is 0 Å². The maximum absolute atomic E-state index is 14.2. The van der Waals surface area contributed by atoms with E-state index in [1.165, 1.54) is 6.07 Å². The van der Waals surface area contributed by atoms with Crippen molar-refractivity contribution < 1.29 is 4.39 Å². The molecule has 21 heavy (non-hydrogen) atoms. The third-order valence-corrected chi connectivity index (χ3v) is 3.42. The van der Waals surface area contributed by atoms with Crippen LogP contribution in [0.4, 0.5) is 10.1 Å². The predicted molar refractivity (Wildman–Crippen MR) is 85.0 cm³/mol. The standard InChI is InChI=1S/C17H22FN3/c1-13(19)12-14-6-5-8-16(18)17(14)21(2)11-9-15-7-3-4-10-20-15/h3-8,10,13H,9,11-12,19H2,1-2H3. The Morgan fingerprint density at radius 1 is 1.24 bits per heavy atom. The van der Waals surface area contributed by atoms with Crippen molar-refractivity contribution in [1.29, 1.82) is 0 Å². The summed E-state index contributed by atoms with van der Waals surface area (Å²) in [6.07, 6.45) is 3.23. The maximum Gasteiger partial charge on any atom is 0.146 e. The third kappa shape index (κ3) is 4.26. The molecule has 0 spiro atoms. The molecule has 0 aliphatic carbocycles. The minimum Gasteiger partial charge on any atom is -0.372 e. The van der Waals surface area contributed by atoms with Gasteiger partial charge >= 0.3 is 0 Å². The normalized spacial score (nSPS) is 12.2. The lowest BCUT2D eigenvalue weighted by atomic mass is 10.0. The fourth-order valence-corrected chi connectivity index (χ4v) is 2.44. The summed E-state index contributed by atoms with van der Waals surface area (Å²) < 4.78 is 14.2. The molecule has 1 aromatic carbocycles. The zero-order valence-corrected chi connectivity index (χ0v) is 12.6. The van der Waals surface area contributed by atoms with Crippen LogP contribution in [0.1, 0.15) is 18.2 Å². The van der Waals surface area contributed by atoms with Crippen molar-refractivity contribution in [1.82, 2.24) is 4.98 Å². The van der Waals surface area contributed by atoms with Crippen molar-refractivity contribution in [2.75, 3.05) is 18.5 Å². The molecule has 0 bridgehead atoms. The molecule has 2 aromatic rings. The van der Waals surface area contributed by atoms with Crippen LogP contribution in [0.3, 0.4) is 0 Å². The zero-order valence-electron chi connectivity index (χ0n) is 12.6. The average molecular weight is 287 g/mol. The molecule has 1 aromatic heterocycles. The van der Waals surface area contributed by atoms with Gasteiger partial charge in [-0.15, -0.1) is 0 Å². The second-order valence-electron chi connectivity index (χ2n) is 5.42. The van der Waals surface area contributed by atoms with Gasteiger partial charge in [-0.05, 0) is 37.1 Å². The quantitative estimate of drug-likeness (QED) is 0.888. The van der Waals surface area contributed by atoms with Crippen LogP contribution in [0.15, 0.2) is 42.6 Å². The minimum absolute atomic E-state index is 0.00902. The fourth-order valence-electron chi connectivity index (χ4n) is 2.44. The van der Waals surface area contributed by atoms with Crippen molar-refractivity contribution in [2.45, 2.75) is 25.8 Å². The fraction of sp³-hybridized carbons (Fsp3) is 0.353. The zero-order chi connectivity index (χ0) is 15.2.